The summed E-state index contributed by atoms with van der Waals surface area (Å²) < 4.78 is 24.6. The van der Waals surface area contributed by atoms with E-state index in [1.807, 2.05) is 32.0 Å². The summed E-state index contributed by atoms with van der Waals surface area (Å²) in [5, 5.41) is 8.17. The Morgan fingerprint density at radius 3 is 2.92 bits per heavy atom. The number of carbonyl (C=O) groups is 1. The Kier molecular flexibility index (Phi) is 4.79. The monoisotopic (exact) mass is 365 g/mol. The summed E-state index contributed by atoms with van der Waals surface area (Å²) in [5.41, 5.74) is 2.76. The van der Waals surface area contributed by atoms with Crippen molar-refractivity contribution in [1.82, 2.24) is 25.0 Å². The van der Waals surface area contributed by atoms with Crippen LogP contribution in [0.5, 0.6) is 0 Å². The normalized spacial score (nSPS) is 19.6. The molecule has 0 aromatic carbocycles. The number of sulfone groups is 1. The van der Waals surface area contributed by atoms with E-state index in [0.29, 0.717) is 13.0 Å². The SMILES string of the molecule is Cc1nn(C)c2ncc(CN(C)CC(=O)NC3CCS(=O)(=O)C3)cc12. The number of amides is 1. The van der Waals surface area contributed by atoms with Crippen molar-refractivity contribution >= 4 is 26.8 Å². The fourth-order valence-electron chi connectivity index (χ4n) is 3.23. The van der Waals surface area contributed by atoms with Gasteiger partial charge in [0, 0.05) is 31.2 Å². The van der Waals surface area contributed by atoms with Gasteiger partial charge in [0.25, 0.3) is 0 Å². The van der Waals surface area contributed by atoms with Crippen molar-refractivity contribution < 1.29 is 13.2 Å². The molecule has 0 radical (unpaired) electrons. The number of fused-ring (bicyclic) bond motifs is 1. The molecule has 8 nitrogen and oxygen atoms in total. The molecule has 1 aliphatic rings. The molecule has 25 heavy (non-hydrogen) atoms. The zero-order valence-electron chi connectivity index (χ0n) is 14.7. The van der Waals surface area contributed by atoms with Crippen LogP contribution in [0.4, 0.5) is 0 Å². The van der Waals surface area contributed by atoms with E-state index < -0.39 is 9.84 Å². The van der Waals surface area contributed by atoms with Crippen molar-refractivity contribution in [3.05, 3.63) is 23.5 Å². The lowest BCUT2D eigenvalue weighted by Gasteiger charge is -2.18. The Morgan fingerprint density at radius 2 is 2.24 bits per heavy atom. The number of rotatable bonds is 5. The average molecular weight is 365 g/mol. The van der Waals surface area contributed by atoms with E-state index in [1.165, 1.54) is 0 Å². The first-order valence-corrected chi connectivity index (χ1v) is 10.0. The lowest BCUT2D eigenvalue weighted by molar-refractivity contribution is -0.122. The lowest BCUT2D eigenvalue weighted by atomic mass is 10.2. The second-order valence-corrected chi connectivity index (χ2v) is 8.99. The molecule has 1 unspecified atom stereocenters. The van der Waals surface area contributed by atoms with Crippen LogP contribution in [0, 0.1) is 6.92 Å². The number of nitrogens with one attached hydrogen (secondary N) is 1. The molecule has 3 rings (SSSR count). The van der Waals surface area contributed by atoms with Crippen LogP contribution in [-0.4, -0.2) is 65.1 Å². The second-order valence-electron chi connectivity index (χ2n) is 6.76. The van der Waals surface area contributed by atoms with Gasteiger partial charge in [-0.3, -0.25) is 14.4 Å². The standard InChI is InChI=1S/C16H23N5O3S/c1-11-14-6-12(7-17-16(14)21(3)19-11)8-20(2)9-15(22)18-13-4-5-25(23,24)10-13/h6-7,13H,4-5,8-10H2,1-3H3,(H,18,22). The maximum absolute atomic E-state index is 12.1. The van der Waals surface area contributed by atoms with Gasteiger partial charge in [-0.05, 0) is 32.0 Å². The number of carbonyl (C=O) groups excluding carboxylic acids is 1. The van der Waals surface area contributed by atoms with Crippen molar-refractivity contribution in [3.63, 3.8) is 0 Å². The molecular formula is C16H23N5O3S. The first kappa shape index (κ1) is 17.8. The summed E-state index contributed by atoms with van der Waals surface area (Å²) in [6, 6.07) is 1.78. The molecular weight excluding hydrogens is 342 g/mol. The highest BCUT2D eigenvalue weighted by Crippen LogP contribution is 2.17. The van der Waals surface area contributed by atoms with Crippen LogP contribution in [0.15, 0.2) is 12.3 Å². The van der Waals surface area contributed by atoms with Crippen molar-refractivity contribution in [1.29, 1.82) is 0 Å². The highest BCUT2D eigenvalue weighted by atomic mass is 32.2. The Morgan fingerprint density at radius 1 is 1.48 bits per heavy atom. The van der Waals surface area contributed by atoms with E-state index in [1.54, 1.807) is 10.9 Å². The van der Waals surface area contributed by atoms with E-state index in [9.17, 15) is 13.2 Å². The molecule has 2 aromatic heterocycles. The molecule has 1 aliphatic heterocycles. The van der Waals surface area contributed by atoms with E-state index in [-0.39, 0.29) is 30.0 Å². The van der Waals surface area contributed by atoms with Crippen LogP contribution in [0.25, 0.3) is 11.0 Å². The molecule has 0 spiro atoms. The number of aryl methyl sites for hydroxylation is 2. The first-order valence-electron chi connectivity index (χ1n) is 8.20. The van der Waals surface area contributed by atoms with Crippen LogP contribution >= 0.6 is 0 Å². The third kappa shape index (κ3) is 4.16. The van der Waals surface area contributed by atoms with Gasteiger partial charge in [0.15, 0.2) is 15.5 Å². The minimum Gasteiger partial charge on any atom is -0.351 e. The topological polar surface area (TPSA) is 97.2 Å². The molecule has 0 saturated carbocycles. The van der Waals surface area contributed by atoms with Crippen LogP contribution < -0.4 is 5.32 Å². The fourth-order valence-corrected chi connectivity index (χ4v) is 4.91. The number of aromatic nitrogens is 3. The van der Waals surface area contributed by atoms with Crippen LogP contribution in [-0.2, 0) is 28.2 Å². The zero-order chi connectivity index (χ0) is 18.2. The van der Waals surface area contributed by atoms with Gasteiger partial charge in [-0.15, -0.1) is 0 Å². The van der Waals surface area contributed by atoms with Gasteiger partial charge >= 0.3 is 0 Å². The molecule has 2 aromatic rings. The van der Waals surface area contributed by atoms with E-state index >= 15 is 0 Å². The maximum Gasteiger partial charge on any atom is 0.234 e. The molecule has 1 saturated heterocycles. The number of hydrogen-bond donors (Lipinski definition) is 1. The van der Waals surface area contributed by atoms with Crippen LogP contribution in [0.1, 0.15) is 17.7 Å². The molecule has 0 aliphatic carbocycles. The highest BCUT2D eigenvalue weighted by molar-refractivity contribution is 7.91. The lowest BCUT2D eigenvalue weighted by Crippen LogP contribution is -2.41. The minimum atomic E-state index is -2.99. The first-order chi connectivity index (χ1) is 11.7. The average Bonchev–Trinajstić information content (AvgIpc) is 2.98. The van der Waals surface area contributed by atoms with Gasteiger partial charge in [0.05, 0.1) is 23.7 Å². The molecule has 1 atom stereocenters. The Bertz CT molecular complexity index is 906. The summed E-state index contributed by atoms with van der Waals surface area (Å²) in [5.74, 6) is 0.0453. The van der Waals surface area contributed by atoms with Gasteiger partial charge < -0.3 is 5.32 Å². The van der Waals surface area contributed by atoms with Crippen LogP contribution in [0.3, 0.4) is 0 Å². The van der Waals surface area contributed by atoms with Crippen molar-refractivity contribution in [3.8, 4) is 0 Å². The summed E-state index contributed by atoms with van der Waals surface area (Å²) in [7, 11) is 0.730. The van der Waals surface area contributed by atoms with Crippen LogP contribution in [0.2, 0.25) is 0 Å². The Labute approximate surface area is 147 Å². The summed E-state index contributed by atoms with van der Waals surface area (Å²) in [6.07, 6.45) is 2.29. The molecule has 136 valence electrons. The van der Waals surface area contributed by atoms with Crippen molar-refractivity contribution in [2.24, 2.45) is 7.05 Å². The molecule has 1 amide bonds. The van der Waals surface area contributed by atoms with Gasteiger partial charge in [0.1, 0.15) is 0 Å². The number of pyridine rings is 1. The van der Waals surface area contributed by atoms with Crippen molar-refractivity contribution in [2.45, 2.75) is 25.9 Å². The van der Waals surface area contributed by atoms with E-state index in [4.69, 9.17) is 0 Å². The van der Waals surface area contributed by atoms with Gasteiger partial charge in [-0.25, -0.2) is 13.4 Å². The summed E-state index contributed by atoms with van der Waals surface area (Å²) in [6.45, 7) is 2.73. The third-order valence-corrected chi connectivity index (χ3v) is 6.15. The summed E-state index contributed by atoms with van der Waals surface area (Å²) >= 11 is 0. The van der Waals surface area contributed by atoms with E-state index in [0.717, 1.165) is 22.3 Å². The molecule has 3 heterocycles. The quantitative estimate of drug-likeness (QED) is 0.802. The Balaban J connectivity index is 1.58. The smallest absolute Gasteiger partial charge is 0.234 e. The maximum atomic E-state index is 12.1. The third-order valence-electron chi connectivity index (χ3n) is 4.38. The van der Waals surface area contributed by atoms with Crippen molar-refractivity contribution in [2.75, 3.05) is 25.1 Å². The minimum absolute atomic E-state index is 0.0450. The number of nitrogens with zero attached hydrogens (tertiary/aromatic N) is 4. The van der Waals surface area contributed by atoms with E-state index in [2.05, 4.69) is 15.4 Å². The second kappa shape index (κ2) is 6.72. The predicted molar refractivity (Wildman–Crippen MR) is 94.8 cm³/mol. The largest absolute Gasteiger partial charge is 0.351 e. The molecule has 1 N–H and O–H groups in total. The van der Waals surface area contributed by atoms with Gasteiger partial charge in [0.2, 0.25) is 5.91 Å². The molecule has 9 heteroatoms. The fraction of sp³-hybridized carbons (Fsp3) is 0.562. The number of hydrogen-bond acceptors (Lipinski definition) is 6. The Hall–Kier alpha value is -2.00. The highest BCUT2D eigenvalue weighted by Gasteiger charge is 2.28. The summed E-state index contributed by atoms with van der Waals surface area (Å²) in [4.78, 5) is 18.4. The van der Waals surface area contributed by atoms with Gasteiger partial charge in [-0.2, -0.15) is 5.10 Å². The predicted octanol–water partition coefficient (Wildman–Crippen LogP) is 0.0118. The zero-order valence-corrected chi connectivity index (χ0v) is 15.5. The number of likely N-dealkylation sites (N-methyl/N-ethyl adjacent to an activating group) is 1. The molecule has 0 bridgehead atoms. The van der Waals surface area contributed by atoms with Gasteiger partial charge in [-0.1, -0.05) is 0 Å². The molecule has 1 fully saturated rings.